The average molecular weight is 396 g/mol. The smallest absolute Gasteiger partial charge is 0.277 e. The third kappa shape index (κ3) is 5.98. The van der Waals surface area contributed by atoms with Crippen molar-refractivity contribution in [2.24, 2.45) is 5.10 Å². The van der Waals surface area contributed by atoms with Crippen LogP contribution in [0.15, 0.2) is 47.6 Å². The molecule has 0 aromatic heterocycles. The zero-order valence-electron chi connectivity index (χ0n) is 17.5. The summed E-state index contributed by atoms with van der Waals surface area (Å²) in [6.45, 7) is 8.55. The molecule has 1 N–H and O–H groups in total. The fraction of sp³-hybridized carbons (Fsp3) is 0.391. The van der Waals surface area contributed by atoms with Crippen molar-refractivity contribution in [1.29, 1.82) is 0 Å². The van der Waals surface area contributed by atoms with Crippen LogP contribution in [-0.4, -0.2) is 25.0 Å². The van der Waals surface area contributed by atoms with Gasteiger partial charge in [-0.2, -0.15) is 5.10 Å². The van der Waals surface area contributed by atoms with Crippen molar-refractivity contribution in [1.82, 2.24) is 5.43 Å². The number of rotatable bonds is 7. The van der Waals surface area contributed by atoms with E-state index in [-0.39, 0.29) is 24.7 Å². The van der Waals surface area contributed by atoms with Gasteiger partial charge in [-0.05, 0) is 60.6 Å². The van der Waals surface area contributed by atoms with Gasteiger partial charge in [-0.25, -0.2) is 5.43 Å². The number of benzene rings is 2. The summed E-state index contributed by atoms with van der Waals surface area (Å²) in [4.78, 5) is 12.0. The maximum Gasteiger partial charge on any atom is 0.277 e. The number of fused-ring (bicyclic) bond motifs is 1. The Kier molecular flexibility index (Phi) is 6.42. The topological polar surface area (TPSA) is 69.2 Å². The van der Waals surface area contributed by atoms with Crippen LogP contribution in [0.5, 0.6) is 17.2 Å². The molecule has 0 aliphatic carbocycles. The number of hydrazone groups is 1. The normalized spacial score (nSPS) is 13.3. The molecule has 2 aromatic carbocycles. The molecule has 0 atom stereocenters. The van der Waals surface area contributed by atoms with Gasteiger partial charge in [-0.3, -0.25) is 4.79 Å². The van der Waals surface area contributed by atoms with E-state index in [2.05, 4.69) is 31.3 Å². The second-order valence-corrected chi connectivity index (χ2v) is 8.13. The van der Waals surface area contributed by atoms with Crippen molar-refractivity contribution in [2.45, 2.75) is 46.0 Å². The highest BCUT2D eigenvalue weighted by molar-refractivity contribution is 5.85. The molecule has 0 saturated heterocycles. The van der Waals surface area contributed by atoms with Crippen LogP contribution in [0.3, 0.4) is 0 Å². The molecule has 6 nitrogen and oxygen atoms in total. The highest BCUT2D eigenvalue weighted by Crippen LogP contribution is 2.32. The molecule has 0 bridgehead atoms. The third-order valence-electron chi connectivity index (χ3n) is 4.67. The second kappa shape index (κ2) is 8.99. The lowest BCUT2D eigenvalue weighted by molar-refractivity contribution is -0.123. The Morgan fingerprint density at radius 1 is 1.10 bits per heavy atom. The van der Waals surface area contributed by atoms with Crippen molar-refractivity contribution in [3.05, 3.63) is 53.6 Å². The Bertz CT molecular complexity index is 883. The molecule has 1 aliphatic heterocycles. The van der Waals surface area contributed by atoms with E-state index in [1.54, 1.807) is 0 Å². The summed E-state index contributed by atoms with van der Waals surface area (Å²) in [5.74, 6) is 1.93. The van der Waals surface area contributed by atoms with Gasteiger partial charge in [-0.15, -0.1) is 0 Å². The van der Waals surface area contributed by atoms with Crippen molar-refractivity contribution in [3.63, 3.8) is 0 Å². The van der Waals surface area contributed by atoms with Crippen LogP contribution < -0.4 is 19.6 Å². The van der Waals surface area contributed by atoms with Crippen LogP contribution in [0.2, 0.25) is 0 Å². The summed E-state index contributed by atoms with van der Waals surface area (Å²) in [5.41, 5.74) is 5.83. The zero-order chi connectivity index (χ0) is 20.9. The lowest BCUT2D eigenvalue weighted by Crippen LogP contribution is -2.25. The molecule has 1 amide bonds. The zero-order valence-corrected chi connectivity index (χ0v) is 17.5. The summed E-state index contributed by atoms with van der Waals surface area (Å²) < 4.78 is 16.2. The Morgan fingerprint density at radius 3 is 2.55 bits per heavy atom. The number of amides is 1. The van der Waals surface area contributed by atoms with Crippen LogP contribution in [-0.2, 0) is 16.6 Å². The number of ether oxygens (including phenoxy) is 3. The molecule has 0 fully saturated rings. The molecule has 0 radical (unpaired) electrons. The maximum atomic E-state index is 12.0. The molecule has 6 heteroatoms. The number of aryl methyl sites for hydroxylation is 1. The molecule has 154 valence electrons. The molecule has 0 spiro atoms. The van der Waals surface area contributed by atoms with E-state index < -0.39 is 0 Å². The molecule has 1 aliphatic rings. The molecule has 3 rings (SSSR count). The molecule has 29 heavy (non-hydrogen) atoms. The van der Waals surface area contributed by atoms with Crippen LogP contribution >= 0.6 is 0 Å². The minimum Gasteiger partial charge on any atom is -0.484 e. The highest BCUT2D eigenvalue weighted by atomic mass is 16.7. The Balaban J connectivity index is 1.41. The standard InChI is InChI=1S/C23H28N2O4/c1-16(5-6-17-7-12-20-21(13-17)29-15-28-20)24-25-22(26)14-27-19-10-8-18(9-11-19)23(2,3)4/h7-13H,5-6,14-15H2,1-4H3,(H,25,26). The lowest BCUT2D eigenvalue weighted by atomic mass is 9.87. The molecule has 2 aromatic rings. The van der Waals surface area contributed by atoms with E-state index in [4.69, 9.17) is 14.2 Å². The second-order valence-electron chi connectivity index (χ2n) is 8.13. The van der Waals surface area contributed by atoms with Crippen LogP contribution in [0.1, 0.15) is 45.2 Å². The first-order chi connectivity index (χ1) is 13.8. The van der Waals surface area contributed by atoms with Gasteiger partial charge < -0.3 is 14.2 Å². The summed E-state index contributed by atoms with van der Waals surface area (Å²) in [7, 11) is 0. The SMILES string of the molecule is CC(CCc1ccc2c(c1)OCO2)=NNC(=O)COc1ccc(C(C)(C)C)cc1. The van der Waals surface area contributed by atoms with Crippen molar-refractivity contribution in [2.75, 3.05) is 13.4 Å². The fourth-order valence-corrected chi connectivity index (χ4v) is 2.87. The largest absolute Gasteiger partial charge is 0.484 e. The van der Waals surface area contributed by atoms with Gasteiger partial charge in [-0.1, -0.05) is 39.0 Å². The number of nitrogens with one attached hydrogen (secondary N) is 1. The first kappa shape index (κ1) is 20.7. The van der Waals surface area contributed by atoms with Gasteiger partial charge in [0, 0.05) is 5.71 Å². The Hall–Kier alpha value is -3.02. The van der Waals surface area contributed by atoms with Crippen LogP contribution in [0, 0.1) is 0 Å². The van der Waals surface area contributed by atoms with Gasteiger partial charge >= 0.3 is 0 Å². The van der Waals surface area contributed by atoms with Gasteiger partial charge in [0.1, 0.15) is 5.75 Å². The fourth-order valence-electron chi connectivity index (χ4n) is 2.87. The molecule has 0 unspecified atom stereocenters. The average Bonchev–Trinajstić information content (AvgIpc) is 3.16. The molecule has 1 heterocycles. The van der Waals surface area contributed by atoms with E-state index in [1.807, 2.05) is 49.4 Å². The Morgan fingerprint density at radius 2 is 1.83 bits per heavy atom. The summed E-state index contributed by atoms with van der Waals surface area (Å²) in [6.07, 6.45) is 1.54. The number of nitrogens with zero attached hydrogens (tertiary/aromatic N) is 1. The molecular formula is C23H28N2O4. The minimum absolute atomic E-state index is 0.0756. The molecule has 0 saturated carbocycles. The van der Waals surface area contributed by atoms with Crippen molar-refractivity contribution < 1.29 is 19.0 Å². The van der Waals surface area contributed by atoms with E-state index >= 15 is 0 Å². The highest BCUT2D eigenvalue weighted by Gasteiger charge is 2.14. The number of carbonyl (C=O) groups is 1. The first-order valence-electron chi connectivity index (χ1n) is 9.75. The van der Waals surface area contributed by atoms with E-state index in [1.165, 1.54) is 5.56 Å². The summed E-state index contributed by atoms with van der Waals surface area (Å²) in [6, 6.07) is 13.7. The quantitative estimate of drug-likeness (QED) is 0.562. The van der Waals surface area contributed by atoms with Gasteiger partial charge in [0.25, 0.3) is 5.91 Å². The minimum atomic E-state index is -0.285. The monoisotopic (exact) mass is 396 g/mol. The first-order valence-corrected chi connectivity index (χ1v) is 9.75. The van der Waals surface area contributed by atoms with Gasteiger partial charge in [0.15, 0.2) is 18.1 Å². The van der Waals surface area contributed by atoms with Crippen molar-refractivity contribution in [3.8, 4) is 17.2 Å². The van der Waals surface area contributed by atoms with Gasteiger partial charge in [0.05, 0.1) is 0 Å². The van der Waals surface area contributed by atoms with E-state index in [0.717, 1.165) is 35.6 Å². The van der Waals surface area contributed by atoms with Crippen LogP contribution in [0.4, 0.5) is 0 Å². The summed E-state index contributed by atoms with van der Waals surface area (Å²) in [5, 5.41) is 4.15. The summed E-state index contributed by atoms with van der Waals surface area (Å²) >= 11 is 0. The third-order valence-corrected chi connectivity index (χ3v) is 4.67. The maximum absolute atomic E-state index is 12.0. The Labute approximate surface area is 171 Å². The number of hydrogen-bond acceptors (Lipinski definition) is 5. The number of hydrogen-bond donors (Lipinski definition) is 1. The van der Waals surface area contributed by atoms with E-state index in [9.17, 15) is 4.79 Å². The van der Waals surface area contributed by atoms with Crippen LogP contribution in [0.25, 0.3) is 0 Å². The number of carbonyl (C=O) groups excluding carboxylic acids is 1. The van der Waals surface area contributed by atoms with E-state index in [0.29, 0.717) is 5.75 Å². The lowest BCUT2D eigenvalue weighted by Gasteiger charge is -2.19. The van der Waals surface area contributed by atoms with Gasteiger partial charge in [0.2, 0.25) is 6.79 Å². The predicted molar refractivity (Wildman–Crippen MR) is 113 cm³/mol. The predicted octanol–water partition coefficient (Wildman–Crippen LogP) is 4.22. The molecular weight excluding hydrogens is 368 g/mol. The van der Waals surface area contributed by atoms with Crippen molar-refractivity contribution >= 4 is 11.6 Å².